The van der Waals surface area contributed by atoms with E-state index in [1.807, 2.05) is 0 Å². The highest BCUT2D eigenvalue weighted by molar-refractivity contribution is 6.02. The van der Waals surface area contributed by atoms with Gasteiger partial charge in [0.15, 0.2) is 5.76 Å². The molecular formula is C23H23N3O3. The molecule has 148 valence electrons. The molecular weight excluding hydrogens is 366 g/mol. The molecule has 2 aromatic carbocycles. The second-order valence-corrected chi connectivity index (χ2v) is 7.13. The lowest BCUT2D eigenvalue weighted by molar-refractivity contribution is 0.0996. The number of benzene rings is 2. The van der Waals surface area contributed by atoms with Gasteiger partial charge in [0.2, 0.25) is 0 Å². The zero-order valence-electron chi connectivity index (χ0n) is 16.0. The highest BCUT2D eigenvalue weighted by Crippen LogP contribution is 2.30. The smallest absolute Gasteiger partial charge is 0.319 e. The van der Waals surface area contributed by atoms with Gasteiger partial charge in [0, 0.05) is 23.8 Å². The molecule has 6 heteroatoms. The number of carbonyl (C=O) groups excluding carboxylic acids is 2. The minimum absolute atomic E-state index is 0.236. The van der Waals surface area contributed by atoms with Gasteiger partial charge < -0.3 is 20.4 Å². The van der Waals surface area contributed by atoms with Gasteiger partial charge >= 0.3 is 6.03 Å². The molecule has 0 spiro atoms. The van der Waals surface area contributed by atoms with Crippen LogP contribution in [0.25, 0.3) is 0 Å². The first kappa shape index (κ1) is 18.8. The maximum absolute atomic E-state index is 12.3. The Morgan fingerprint density at radius 1 is 0.931 bits per heavy atom. The Labute approximate surface area is 169 Å². The predicted molar refractivity (Wildman–Crippen MR) is 112 cm³/mol. The molecule has 1 atom stereocenters. The average Bonchev–Trinajstić information content (AvgIpc) is 3.29. The molecule has 4 rings (SSSR count). The topological polar surface area (TPSA) is 83.4 Å². The van der Waals surface area contributed by atoms with Crippen LogP contribution in [0.15, 0.2) is 71.3 Å². The van der Waals surface area contributed by atoms with Crippen LogP contribution >= 0.6 is 0 Å². The van der Waals surface area contributed by atoms with E-state index in [0.29, 0.717) is 23.8 Å². The molecule has 0 radical (unpaired) electrons. The van der Waals surface area contributed by atoms with E-state index in [0.717, 1.165) is 19.3 Å². The standard InChI is InChI=1S/C23H23N3O3/c27-22(21-9-4-14-29-21)25-18-10-12-19(13-11-18)26-23(28)24-15-17-7-3-6-16-5-1-2-8-20(16)17/h1-2,4-5,8-14,17H,3,6-7,15H2,(H,25,27)(H2,24,26,28)/t17-/m0/s1. The molecule has 1 heterocycles. The summed E-state index contributed by atoms with van der Waals surface area (Å²) in [7, 11) is 0. The SMILES string of the molecule is O=C(NC[C@@H]1CCCc2ccccc21)Nc1ccc(NC(=O)c2ccco2)cc1. The van der Waals surface area contributed by atoms with Crippen LogP contribution in [0.3, 0.4) is 0 Å². The van der Waals surface area contributed by atoms with E-state index >= 15 is 0 Å². The maximum atomic E-state index is 12.3. The molecule has 0 unspecified atom stereocenters. The summed E-state index contributed by atoms with van der Waals surface area (Å²) in [5.74, 6) is 0.280. The molecule has 6 nitrogen and oxygen atoms in total. The van der Waals surface area contributed by atoms with Crippen LogP contribution in [0.2, 0.25) is 0 Å². The van der Waals surface area contributed by atoms with Crippen LogP contribution in [-0.2, 0) is 6.42 Å². The first-order valence-corrected chi connectivity index (χ1v) is 9.76. The predicted octanol–water partition coefficient (Wildman–Crippen LogP) is 4.77. The fourth-order valence-corrected chi connectivity index (χ4v) is 3.70. The van der Waals surface area contributed by atoms with Crippen molar-refractivity contribution in [1.82, 2.24) is 5.32 Å². The lowest BCUT2D eigenvalue weighted by Crippen LogP contribution is -2.33. The largest absolute Gasteiger partial charge is 0.459 e. The van der Waals surface area contributed by atoms with Gasteiger partial charge in [-0.3, -0.25) is 4.79 Å². The zero-order valence-corrected chi connectivity index (χ0v) is 16.0. The quantitative estimate of drug-likeness (QED) is 0.587. The Hall–Kier alpha value is -3.54. The van der Waals surface area contributed by atoms with Crippen molar-refractivity contribution in [2.24, 2.45) is 0 Å². The Kier molecular flexibility index (Phi) is 5.61. The number of fused-ring (bicyclic) bond motifs is 1. The molecule has 3 N–H and O–H groups in total. The summed E-state index contributed by atoms with van der Waals surface area (Å²) in [6, 6.07) is 18.4. The van der Waals surface area contributed by atoms with E-state index in [-0.39, 0.29) is 17.7 Å². The van der Waals surface area contributed by atoms with Crippen molar-refractivity contribution in [2.75, 3.05) is 17.2 Å². The van der Waals surface area contributed by atoms with Crippen molar-refractivity contribution in [3.8, 4) is 0 Å². The number of furan rings is 1. The van der Waals surface area contributed by atoms with Crippen LogP contribution in [0, 0.1) is 0 Å². The van der Waals surface area contributed by atoms with Crippen LogP contribution in [-0.4, -0.2) is 18.5 Å². The Morgan fingerprint density at radius 2 is 1.69 bits per heavy atom. The van der Waals surface area contributed by atoms with Crippen molar-refractivity contribution in [3.05, 3.63) is 83.8 Å². The van der Waals surface area contributed by atoms with Crippen LogP contribution in [0.1, 0.15) is 40.4 Å². The number of rotatable bonds is 5. The number of urea groups is 1. The minimum atomic E-state index is -0.318. The van der Waals surface area contributed by atoms with Gasteiger partial charge in [-0.2, -0.15) is 0 Å². The molecule has 3 aromatic rings. The Bertz CT molecular complexity index is 981. The van der Waals surface area contributed by atoms with Crippen molar-refractivity contribution < 1.29 is 14.0 Å². The van der Waals surface area contributed by atoms with E-state index in [2.05, 4.69) is 40.2 Å². The molecule has 1 aromatic heterocycles. The summed E-state index contributed by atoms with van der Waals surface area (Å²) in [4.78, 5) is 24.3. The summed E-state index contributed by atoms with van der Waals surface area (Å²) >= 11 is 0. The number of aryl methyl sites for hydroxylation is 1. The van der Waals surface area contributed by atoms with Crippen molar-refractivity contribution in [3.63, 3.8) is 0 Å². The van der Waals surface area contributed by atoms with Crippen molar-refractivity contribution in [2.45, 2.75) is 25.2 Å². The summed E-state index contributed by atoms with van der Waals surface area (Å²) in [5, 5.41) is 8.55. The van der Waals surface area contributed by atoms with Crippen LogP contribution in [0.5, 0.6) is 0 Å². The molecule has 3 amide bonds. The van der Waals surface area contributed by atoms with E-state index in [9.17, 15) is 9.59 Å². The monoisotopic (exact) mass is 389 g/mol. The van der Waals surface area contributed by atoms with Gasteiger partial charge in [0.1, 0.15) is 0 Å². The second kappa shape index (κ2) is 8.65. The molecule has 29 heavy (non-hydrogen) atoms. The Morgan fingerprint density at radius 3 is 2.45 bits per heavy atom. The third kappa shape index (κ3) is 4.66. The van der Waals surface area contributed by atoms with Gasteiger partial charge in [-0.15, -0.1) is 0 Å². The number of nitrogens with one attached hydrogen (secondary N) is 3. The summed E-state index contributed by atoms with van der Waals surface area (Å²) < 4.78 is 5.07. The van der Waals surface area contributed by atoms with Gasteiger partial charge in [-0.1, -0.05) is 24.3 Å². The summed E-state index contributed by atoms with van der Waals surface area (Å²) in [5.41, 5.74) is 4.01. The summed E-state index contributed by atoms with van der Waals surface area (Å²) in [6.07, 6.45) is 4.80. The molecule has 1 aliphatic carbocycles. The molecule has 0 fully saturated rings. The molecule has 0 bridgehead atoms. The fraction of sp³-hybridized carbons (Fsp3) is 0.217. The maximum Gasteiger partial charge on any atom is 0.319 e. The second-order valence-electron chi connectivity index (χ2n) is 7.13. The highest BCUT2D eigenvalue weighted by Gasteiger charge is 2.20. The van der Waals surface area contributed by atoms with E-state index in [4.69, 9.17) is 4.42 Å². The number of anilines is 2. The lowest BCUT2D eigenvalue weighted by Gasteiger charge is -2.25. The first-order chi connectivity index (χ1) is 14.2. The lowest BCUT2D eigenvalue weighted by atomic mass is 9.83. The number of hydrogen-bond acceptors (Lipinski definition) is 3. The number of carbonyl (C=O) groups is 2. The van der Waals surface area contributed by atoms with Crippen molar-refractivity contribution in [1.29, 1.82) is 0 Å². The highest BCUT2D eigenvalue weighted by atomic mass is 16.3. The van der Waals surface area contributed by atoms with Crippen molar-refractivity contribution >= 4 is 23.3 Å². The minimum Gasteiger partial charge on any atom is -0.459 e. The summed E-state index contributed by atoms with van der Waals surface area (Å²) in [6.45, 7) is 0.611. The Balaban J connectivity index is 1.28. The molecule has 1 aliphatic rings. The molecule has 0 saturated heterocycles. The van der Waals surface area contributed by atoms with Gasteiger partial charge in [0.25, 0.3) is 5.91 Å². The zero-order chi connectivity index (χ0) is 20.1. The molecule has 0 saturated carbocycles. The molecule has 0 aliphatic heterocycles. The fourth-order valence-electron chi connectivity index (χ4n) is 3.70. The van der Waals surface area contributed by atoms with Crippen LogP contribution < -0.4 is 16.0 Å². The third-order valence-electron chi connectivity index (χ3n) is 5.15. The number of amides is 3. The van der Waals surface area contributed by atoms with Gasteiger partial charge in [-0.05, 0) is 66.8 Å². The van der Waals surface area contributed by atoms with E-state index in [1.165, 1.54) is 17.4 Å². The third-order valence-corrected chi connectivity index (χ3v) is 5.15. The van der Waals surface area contributed by atoms with Gasteiger partial charge in [0.05, 0.1) is 6.26 Å². The average molecular weight is 389 g/mol. The normalized spacial score (nSPS) is 15.2. The number of hydrogen-bond donors (Lipinski definition) is 3. The van der Waals surface area contributed by atoms with Gasteiger partial charge in [-0.25, -0.2) is 4.79 Å². The van der Waals surface area contributed by atoms with Crippen LogP contribution in [0.4, 0.5) is 16.2 Å². The van der Waals surface area contributed by atoms with E-state index in [1.54, 1.807) is 36.4 Å². The first-order valence-electron chi connectivity index (χ1n) is 9.76. The van der Waals surface area contributed by atoms with E-state index < -0.39 is 0 Å².